The molecule has 2 aromatic rings. The number of halogens is 2. The summed E-state index contributed by atoms with van der Waals surface area (Å²) in [7, 11) is 2.22. The van der Waals surface area contributed by atoms with E-state index in [0.717, 1.165) is 38.3 Å². The van der Waals surface area contributed by atoms with Gasteiger partial charge in [0.2, 0.25) is 0 Å². The fourth-order valence-corrected chi connectivity index (χ4v) is 5.81. The number of fused-ring (bicyclic) bond motifs is 1. The molecule has 3 aliphatic heterocycles. The molecule has 6 heteroatoms. The number of hydrogen-bond donors (Lipinski definition) is 1. The minimum atomic E-state index is 0. The first-order valence-electron chi connectivity index (χ1n) is 11.1. The van der Waals surface area contributed by atoms with E-state index in [2.05, 4.69) is 76.8 Å². The molecule has 3 aliphatic rings. The summed E-state index contributed by atoms with van der Waals surface area (Å²) in [4.78, 5) is 17.8. The lowest BCUT2D eigenvalue weighted by Crippen LogP contribution is -2.33. The van der Waals surface area contributed by atoms with Gasteiger partial charge in [0, 0.05) is 37.2 Å². The van der Waals surface area contributed by atoms with E-state index in [1.807, 2.05) is 0 Å². The van der Waals surface area contributed by atoms with Crippen LogP contribution in [0.3, 0.4) is 0 Å². The van der Waals surface area contributed by atoms with E-state index >= 15 is 0 Å². The Morgan fingerprint density at radius 3 is 2.23 bits per heavy atom. The van der Waals surface area contributed by atoms with Crippen molar-refractivity contribution < 1.29 is 4.79 Å². The van der Waals surface area contributed by atoms with Crippen molar-refractivity contribution in [1.29, 1.82) is 0 Å². The quantitative estimate of drug-likeness (QED) is 0.736. The molecule has 0 unspecified atom stereocenters. The summed E-state index contributed by atoms with van der Waals surface area (Å²) in [5, 5.41) is 3.42. The first-order chi connectivity index (χ1) is 14.2. The van der Waals surface area contributed by atoms with Gasteiger partial charge in [0.15, 0.2) is 0 Å². The van der Waals surface area contributed by atoms with Crippen molar-refractivity contribution in [3.05, 3.63) is 71.3 Å². The number of amides is 1. The Labute approximate surface area is 198 Å². The number of likely N-dealkylation sites (tertiary alicyclic amines) is 2. The molecule has 3 fully saturated rings. The number of rotatable bonds is 3. The second-order valence-corrected chi connectivity index (χ2v) is 9.08. The van der Waals surface area contributed by atoms with E-state index in [1.54, 1.807) is 0 Å². The molecular formula is C25H33Cl2N3O. The number of piperidine rings is 1. The molecule has 0 radical (unpaired) electrons. The lowest BCUT2D eigenvalue weighted by atomic mass is 9.89. The van der Waals surface area contributed by atoms with Crippen molar-refractivity contribution in [2.45, 2.75) is 24.8 Å². The van der Waals surface area contributed by atoms with Gasteiger partial charge < -0.3 is 10.2 Å². The molecule has 3 heterocycles. The van der Waals surface area contributed by atoms with Gasteiger partial charge in [-0.05, 0) is 68.1 Å². The van der Waals surface area contributed by atoms with Crippen molar-refractivity contribution in [2.24, 2.45) is 11.8 Å². The van der Waals surface area contributed by atoms with Crippen molar-refractivity contribution in [1.82, 2.24) is 15.1 Å². The summed E-state index contributed by atoms with van der Waals surface area (Å²) < 4.78 is 0. The van der Waals surface area contributed by atoms with Crippen LogP contribution in [0.1, 0.15) is 46.3 Å². The van der Waals surface area contributed by atoms with E-state index in [4.69, 9.17) is 0 Å². The van der Waals surface area contributed by atoms with E-state index in [-0.39, 0.29) is 30.7 Å². The van der Waals surface area contributed by atoms with Crippen molar-refractivity contribution in [3.8, 4) is 0 Å². The van der Waals surface area contributed by atoms with E-state index in [0.29, 0.717) is 23.8 Å². The Morgan fingerprint density at radius 2 is 1.55 bits per heavy atom. The minimum Gasteiger partial charge on any atom is -0.338 e. The first-order valence-corrected chi connectivity index (χ1v) is 11.1. The highest BCUT2D eigenvalue weighted by Gasteiger charge is 2.47. The molecule has 0 saturated carbocycles. The molecule has 4 nitrogen and oxygen atoms in total. The molecule has 5 rings (SSSR count). The van der Waals surface area contributed by atoms with Crippen LogP contribution in [0.4, 0.5) is 0 Å². The molecule has 2 aromatic carbocycles. The fourth-order valence-electron chi connectivity index (χ4n) is 5.81. The maximum atomic E-state index is 13.2. The van der Waals surface area contributed by atoms with Crippen LogP contribution in [0.25, 0.3) is 0 Å². The van der Waals surface area contributed by atoms with Crippen LogP contribution in [0.5, 0.6) is 0 Å². The number of benzene rings is 2. The standard InChI is InChI=1S/C25H31N3O.2ClH/c1-27-15-22-16-28(17-23(22)24(27)20-5-3-2-4-6-20)25(29)21-9-7-18(8-10-21)19-11-13-26-14-12-19;;/h2-10,19,22-24,26H,11-17H2,1H3;2*1H/t22-,23+,24-;;/m0../s1. The number of nitrogens with zero attached hydrogens (tertiary/aromatic N) is 2. The van der Waals surface area contributed by atoms with Crippen LogP contribution in [-0.2, 0) is 0 Å². The number of carbonyl (C=O) groups excluding carboxylic acids is 1. The third kappa shape index (κ3) is 4.78. The zero-order valence-electron chi connectivity index (χ0n) is 18.1. The second kappa shape index (κ2) is 10.4. The Kier molecular flexibility index (Phi) is 8.03. The van der Waals surface area contributed by atoms with Gasteiger partial charge in [-0.15, -0.1) is 24.8 Å². The molecule has 1 N–H and O–H groups in total. The summed E-state index contributed by atoms with van der Waals surface area (Å²) in [6.45, 7) is 5.01. The highest BCUT2D eigenvalue weighted by atomic mass is 35.5. The molecule has 3 atom stereocenters. The monoisotopic (exact) mass is 461 g/mol. The highest BCUT2D eigenvalue weighted by Crippen LogP contribution is 2.44. The van der Waals surface area contributed by atoms with Crippen LogP contribution in [0.2, 0.25) is 0 Å². The number of nitrogens with one attached hydrogen (secondary N) is 1. The summed E-state index contributed by atoms with van der Waals surface area (Å²) in [6, 6.07) is 19.7. The van der Waals surface area contributed by atoms with Gasteiger partial charge in [0.25, 0.3) is 5.91 Å². The van der Waals surface area contributed by atoms with Crippen molar-refractivity contribution >= 4 is 30.7 Å². The molecule has 1 amide bonds. The Balaban J connectivity index is 0.00000136. The van der Waals surface area contributed by atoms with Crippen LogP contribution in [-0.4, -0.2) is 55.5 Å². The minimum absolute atomic E-state index is 0. The third-order valence-corrected chi connectivity index (χ3v) is 7.29. The van der Waals surface area contributed by atoms with Gasteiger partial charge >= 0.3 is 0 Å². The third-order valence-electron chi connectivity index (χ3n) is 7.29. The Bertz CT molecular complexity index is 855. The van der Waals surface area contributed by atoms with E-state index < -0.39 is 0 Å². The highest BCUT2D eigenvalue weighted by molar-refractivity contribution is 5.94. The molecular weight excluding hydrogens is 429 g/mol. The summed E-state index contributed by atoms with van der Waals surface area (Å²) in [5.41, 5.74) is 3.60. The lowest BCUT2D eigenvalue weighted by molar-refractivity contribution is 0.0768. The summed E-state index contributed by atoms with van der Waals surface area (Å²) >= 11 is 0. The predicted molar refractivity (Wildman–Crippen MR) is 130 cm³/mol. The first kappa shape index (κ1) is 24.1. The van der Waals surface area contributed by atoms with E-state index in [1.165, 1.54) is 24.0 Å². The van der Waals surface area contributed by atoms with Gasteiger partial charge in [0.05, 0.1) is 0 Å². The average Bonchev–Trinajstić information content (AvgIpc) is 3.31. The molecule has 0 bridgehead atoms. The van der Waals surface area contributed by atoms with Crippen molar-refractivity contribution in [3.63, 3.8) is 0 Å². The predicted octanol–water partition coefficient (Wildman–Crippen LogP) is 4.37. The molecule has 0 aromatic heterocycles. The zero-order valence-corrected chi connectivity index (χ0v) is 19.7. The normalized spacial score (nSPS) is 26.1. The summed E-state index contributed by atoms with van der Waals surface area (Å²) in [5.74, 6) is 1.93. The fraction of sp³-hybridized carbons (Fsp3) is 0.480. The number of carbonyl (C=O) groups is 1. The van der Waals surface area contributed by atoms with Gasteiger partial charge in [0.1, 0.15) is 0 Å². The topological polar surface area (TPSA) is 35.6 Å². The molecule has 168 valence electrons. The van der Waals surface area contributed by atoms with Crippen molar-refractivity contribution in [2.75, 3.05) is 39.8 Å². The molecule has 3 saturated heterocycles. The number of hydrogen-bond acceptors (Lipinski definition) is 3. The van der Waals surface area contributed by atoms with Gasteiger partial charge in [-0.3, -0.25) is 9.69 Å². The summed E-state index contributed by atoms with van der Waals surface area (Å²) in [6.07, 6.45) is 2.38. The lowest BCUT2D eigenvalue weighted by Gasteiger charge is -2.27. The van der Waals surface area contributed by atoms with Gasteiger partial charge in [-0.2, -0.15) is 0 Å². The molecule has 0 aliphatic carbocycles. The smallest absolute Gasteiger partial charge is 0.253 e. The molecule has 0 spiro atoms. The maximum Gasteiger partial charge on any atom is 0.253 e. The van der Waals surface area contributed by atoms with Gasteiger partial charge in [-0.1, -0.05) is 42.5 Å². The van der Waals surface area contributed by atoms with Gasteiger partial charge in [-0.25, -0.2) is 0 Å². The van der Waals surface area contributed by atoms with Crippen LogP contribution < -0.4 is 5.32 Å². The van der Waals surface area contributed by atoms with Crippen LogP contribution in [0, 0.1) is 11.8 Å². The Hall–Kier alpha value is -1.59. The average molecular weight is 462 g/mol. The SMILES string of the molecule is CN1C[C@H]2CN(C(=O)c3ccc(C4CCNCC4)cc3)C[C@H]2[C@@H]1c1ccccc1.Cl.Cl. The largest absolute Gasteiger partial charge is 0.338 e. The van der Waals surface area contributed by atoms with Crippen LogP contribution in [0.15, 0.2) is 54.6 Å². The van der Waals surface area contributed by atoms with Crippen LogP contribution >= 0.6 is 24.8 Å². The molecule has 31 heavy (non-hydrogen) atoms. The zero-order chi connectivity index (χ0) is 19.8. The Morgan fingerprint density at radius 1 is 0.871 bits per heavy atom. The van der Waals surface area contributed by atoms with E-state index in [9.17, 15) is 4.79 Å². The second-order valence-electron chi connectivity index (χ2n) is 9.08. The maximum absolute atomic E-state index is 13.2.